The molecule has 6 nitrogen and oxygen atoms in total. The molecular weight excluding hydrogens is 392 g/mol. The van der Waals surface area contributed by atoms with Crippen molar-refractivity contribution < 1.29 is 19.4 Å². The lowest BCUT2D eigenvalue weighted by atomic mass is 10.1. The molecule has 1 heterocycles. The number of carboxylic acid groups (broad SMARTS) is 1. The van der Waals surface area contributed by atoms with Crippen molar-refractivity contribution in [3.8, 4) is 5.75 Å². The number of rotatable bonds is 13. The average Bonchev–Trinajstić information content (AvgIpc) is 2.80. The van der Waals surface area contributed by atoms with Gasteiger partial charge >= 0.3 is 5.97 Å². The summed E-state index contributed by atoms with van der Waals surface area (Å²) in [6.07, 6.45) is 4.88. The summed E-state index contributed by atoms with van der Waals surface area (Å²) >= 11 is 0. The molecule has 31 heavy (non-hydrogen) atoms. The number of allylic oxidation sites excluding steroid dienone is 1. The van der Waals surface area contributed by atoms with Crippen molar-refractivity contribution in [3.63, 3.8) is 0 Å². The molecule has 0 amide bonds. The third-order valence-electron chi connectivity index (χ3n) is 5.50. The van der Waals surface area contributed by atoms with Crippen LogP contribution in [0.15, 0.2) is 54.1 Å². The Labute approximate surface area is 184 Å². The Morgan fingerprint density at radius 3 is 2.77 bits per heavy atom. The molecule has 6 heteroatoms. The first kappa shape index (κ1) is 23.3. The lowest BCUT2D eigenvalue weighted by Crippen LogP contribution is -2.40. The molecule has 2 N–H and O–H groups in total. The largest absolute Gasteiger partial charge is 0.489 e. The number of fused-ring (bicyclic) bond motifs is 1. The second-order valence-electron chi connectivity index (χ2n) is 7.90. The predicted molar refractivity (Wildman–Crippen MR) is 124 cm³/mol. The normalized spacial score (nSPS) is 15.3. The van der Waals surface area contributed by atoms with E-state index in [1.54, 1.807) is 0 Å². The smallest absolute Gasteiger partial charge is 0.303 e. The van der Waals surface area contributed by atoms with E-state index in [1.807, 2.05) is 24.3 Å². The monoisotopic (exact) mass is 426 g/mol. The zero-order valence-corrected chi connectivity index (χ0v) is 18.2. The van der Waals surface area contributed by atoms with Crippen LogP contribution in [0.2, 0.25) is 0 Å². The maximum atomic E-state index is 10.7. The van der Waals surface area contributed by atoms with Gasteiger partial charge in [-0.2, -0.15) is 0 Å². The number of hydrogen-bond donors (Lipinski definition) is 2. The molecule has 0 saturated carbocycles. The fourth-order valence-corrected chi connectivity index (χ4v) is 3.71. The molecule has 0 radical (unpaired) electrons. The Hall–Kier alpha value is -2.41. The van der Waals surface area contributed by atoms with E-state index in [-0.39, 0.29) is 6.42 Å². The molecule has 3 rings (SSSR count). The van der Waals surface area contributed by atoms with Gasteiger partial charge in [0.2, 0.25) is 0 Å². The van der Waals surface area contributed by atoms with Crippen LogP contribution in [-0.4, -0.2) is 68.5 Å². The quantitative estimate of drug-likeness (QED) is 0.376. The Balaban J connectivity index is 1.51. The first-order valence-electron chi connectivity index (χ1n) is 11.2. The van der Waals surface area contributed by atoms with Crippen LogP contribution in [0.5, 0.6) is 5.75 Å². The summed E-state index contributed by atoms with van der Waals surface area (Å²) in [6, 6.07) is 14.4. The molecular formula is C25H34N2O4. The van der Waals surface area contributed by atoms with Gasteiger partial charge in [-0.15, -0.1) is 0 Å². The first-order valence-corrected chi connectivity index (χ1v) is 11.2. The summed E-state index contributed by atoms with van der Waals surface area (Å²) in [5, 5.41) is 14.6. The SMILES string of the molecule is O=C(O)CCCC/C=C(/CNCCN1CCOCC1)COc1cccc2ccccc12. The van der Waals surface area contributed by atoms with Gasteiger partial charge in [0.1, 0.15) is 12.4 Å². The lowest BCUT2D eigenvalue weighted by Gasteiger charge is -2.26. The number of morpholine rings is 1. The molecule has 0 atom stereocenters. The highest BCUT2D eigenvalue weighted by molar-refractivity contribution is 5.88. The summed E-state index contributed by atoms with van der Waals surface area (Å²) in [5.74, 6) is 0.163. The summed E-state index contributed by atoms with van der Waals surface area (Å²) < 4.78 is 11.6. The Morgan fingerprint density at radius 2 is 1.94 bits per heavy atom. The fourth-order valence-electron chi connectivity index (χ4n) is 3.71. The maximum Gasteiger partial charge on any atom is 0.303 e. The molecule has 1 saturated heterocycles. The summed E-state index contributed by atoms with van der Waals surface area (Å²) in [5.41, 5.74) is 1.20. The zero-order chi connectivity index (χ0) is 21.7. The highest BCUT2D eigenvalue weighted by Gasteiger charge is 2.09. The van der Waals surface area contributed by atoms with E-state index in [9.17, 15) is 4.79 Å². The van der Waals surface area contributed by atoms with E-state index in [0.717, 1.165) is 69.9 Å². The van der Waals surface area contributed by atoms with Crippen molar-refractivity contribution in [2.24, 2.45) is 0 Å². The Morgan fingerprint density at radius 1 is 1.13 bits per heavy atom. The van der Waals surface area contributed by atoms with E-state index in [2.05, 4.69) is 34.5 Å². The van der Waals surface area contributed by atoms with Crippen molar-refractivity contribution in [1.82, 2.24) is 10.2 Å². The van der Waals surface area contributed by atoms with Gasteiger partial charge in [0, 0.05) is 44.5 Å². The Bertz CT molecular complexity index is 841. The summed E-state index contributed by atoms with van der Waals surface area (Å²) in [4.78, 5) is 13.1. The lowest BCUT2D eigenvalue weighted by molar-refractivity contribution is -0.137. The summed E-state index contributed by atoms with van der Waals surface area (Å²) in [6.45, 7) is 6.87. The van der Waals surface area contributed by atoms with Crippen LogP contribution < -0.4 is 10.1 Å². The second kappa shape index (κ2) is 13.1. The number of aliphatic carboxylic acids is 1. The van der Waals surface area contributed by atoms with E-state index in [0.29, 0.717) is 13.0 Å². The highest BCUT2D eigenvalue weighted by Crippen LogP contribution is 2.25. The van der Waals surface area contributed by atoms with Gasteiger partial charge in [0.15, 0.2) is 0 Å². The molecule has 0 aliphatic carbocycles. The minimum atomic E-state index is -0.728. The fraction of sp³-hybridized carbons (Fsp3) is 0.480. The molecule has 2 aromatic carbocycles. The molecule has 0 aromatic heterocycles. The highest BCUT2D eigenvalue weighted by atomic mass is 16.5. The van der Waals surface area contributed by atoms with Crippen LogP contribution in [0.4, 0.5) is 0 Å². The molecule has 2 aromatic rings. The molecule has 168 valence electrons. The van der Waals surface area contributed by atoms with Gasteiger partial charge in [-0.1, -0.05) is 42.5 Å². The minimum absolute atomic E-state index is 0.230. The third-order valence-corrected chi connectivity index (χ3v) is 5.50. The average molecular weight is 427 g/mol. The van der Waals surface area contributed by atoms with Crippen LogP contribution in [0.3, 0.4) is 0 Å². The van der Waals surface area contributed by atoms with E-state index in [1.165, 1.54) is 11.0 Å². The third kappa shape index (κ3) is 8.32. The van der Waals surface area contributed by atoms with Gasteiger partial charge in [-0.05, 0) is 36.3 Å². The van der Waals surface area contributed by atoms with Crippen molar-refractivity contribution in [2.75, 3.05) is 52.5 Å². The molecule has 1 aliphatic heterocycles. The molecule has 0 spiro atoms. The number of carboxylic acids is 1. The molecule has 0 bridgehead atoms. The standard InChI is InChI=1S/C25H34N2O4/c28-25(29)12-3-1-2-7-21(19-26-13-14-27-15-17-30-18-16-27)20-31-24-11-6-9-22-8-4-5-10-23(22)24/h4-11,26H,1-3,12-20H2,(H,28,29)/b21-7-. The number of carbonyl (C=O) groups is 1. The summed E-state index contributed by atoms with van der Waals surface area (Å²) in [7, 11) is 0. The Kier molecular flexibility index (Phi) is 9.83. The van der Waals surface area contributed by atoms with Crippen molar-refractivity contribution in [2.45, 2.75) is 25.7 Å². The number of hydrogen-bond acceptors (Lipinski definition) is 5. The predicted octanol–water partition coefficient (Wildman–Crippen LogP) is 3.71. The number of nitrogens with zero attached hydrogens (tertiary/aromatic N) is 1. The van der Waals surface area contributed by atoms with Crippen molar-refractivity contribution in [3.05, 3.63) is 54.1 Å². The van der Waals surface area contributed by atoms with E-state index >= 15 is 0 Å². The molecule has 0 unspecified atom stereocenters. The topological polar surface area (TPSA) is 71.0 Å². The zero-order valence-electron chi connectivity index (χ0n) is 18.2. The van der Waals surface area contributed by atoms with Gasteiger partial charge in [-0.3, -0.25) is 9.69 Å². The maximum absolute atomic E-state index is 10.7. The number of unbranched alkanes of at least 4 members (excludes halogenated alkanes) is 2. The second-order valence-corrected chi connectivity index (χ2v) is 7.90. The van der Waals surface area contributed by atoms with Gasteiger partial charge in [-0.25, -0.2) is 0 Å². The van der Waals surface area contributed by atoms with Crippen LogP contribution in [0.25, 0.3) is 10.8 Å². The van der Waals surface area contributed by atoms with Crippen LogP contribution in [-0.2, 0) is 9.53 Å². The minimum Gasteiger partial charge on any atom is -0.489 e. The number of ether oxygens (including phenoxy) is 2. The van der Waals surface area contributed by atoms with Crippen LogP contribution in [0.1, 0.15) is 25.7 Å². The van der Waals surface area contributed by atoms with E-state index < -0.39 is 5.97 Å². The van der Waals surface area contributed by atoms with Gasteiger partial charge in [0.05, 0.1) is 13.2 Å². The van der Waals surface area contributed by atoms with Crippen LogP contribution >= 0.6 is 0 Å². The van der Waals surface area contributed by atoms with E-state index in [4.69, 9.17) is 14.6 Å². The molecule has 1 fully saturated rings. The van der Waals surface area contributed by atoms with Gasteiger partial charge in [0.25, 0.3) is 0 Å². The van der Waals surface area contributed by atoms with Gasteiger partial charge < -0.3 is 19.9 Å². The van der Waals surface area contributed by atoms with Crippen molar-refractivity contribution in [1.29, 1.82) is 0 Å². The number of benzene rings is 2. The molecule has 1 aliphatic rings. The van der Waals surface area contributed by atoms with Crippen molar-refractivity contribution >= 4 is 16.7 Å². The van der Waals surface area contributed by atoms with Crippen LogP contribution in [0, 0.1) is 0 Å². The number of nitrogens with one attached hydrogen (secondary N) is 1. The first-order chi connectivity index (χ1) is 15.2.